The maximum absolute atomic E-state index is 12.6. The van der Waals surface area contributed by atoms with Crippen LogP contribution in [-0.2, 0) is 22.4 Å². The minimum Gasteiger partial charge on any atom is -0.364 e. The first-order valence-electron chi connectivity index (χ1n) is 12.9. The van der Waals surface area contributed by atoms with E-state index in [0.29, 0.717) is 43.4 Å². The molecule has 0 aliphatic heterocycles. The smallest absolute Gasteiger partial charge is 0.271 e. The SMILES string of the molecule is CCc1nc(C(N)=O)c(Nc2ccnc(CCNC(=O)C(C)N(C)C(=O)/C=C/CN(C)C)c2)nc1C1CC1. The molecule has 0 spiro atoms. The number of aromatic nitrogens is 3. The second kappa shape index (κ2) is 13.1. The Morgan fingerprint density at radius 3 is 2.58 bits per heavy atom. The first-order valence-corrected chi connectivity index (χ1v) is 12.9. The van der Waals surface area contributed by atoms with Crippen molar-refractivity contribution in [2.45, 2.75) is 51.5 Å². The zero-order valence-corrected chi connectivity index (χ0v) is 22.8. The molecule has 11 nitrogen and oxygen atoms in total. The molecule has 2 aromatic heterocycles. The zero-order valence-electron chi connectivity index (χ0n) is 22.8. The van der Waals surface area contributed by atoms with Crippen molar-refractivity contribution in [3.63, 3.8) is 0 Å². The number of nitrogens with two attached hydrogens (primary N) is 1. The number of primary amides is 1. The fourth-order valence-corrected chi connectivity index (χ4v) is 3.83. The summed E-state index contributed by atoms with van der Waals surface area (Å²) >= 11 is 0. The van der Waals surface area contributed by atoms with E-state index in [1.165, 1.54) is 11.0 Å². The Labute approximate surface area is 223 Å². The highest BCUT2D eigenvalue weighted by Gasteiger charge is 2.30. The van der Waals surface area contributed by atoms with Gasteiger partial charge < -0.3 is 26.2 Å². The van der Waals surface area contributed by atoms with Crippen LogP contribution in [0.2, 0.25) is 0 Å². The summed E-state index contributed by atoms with van der Waals surface area (Å²) in [7, 11) is 5.43. The topological polar surface area (TPSA) is 146 Å². The van der Waals surface area contributed by atoms with E-state index in [4.69, 9.17) is 10.7 Å². The molecule has 0 saturated heterocycles. The molecule has 11 heteroatoms. The number of carbonyl (C=O) groups is 3. The van der Waals surface area contributed by atoms with Crippen molar-refractivity contribution in [1.82, 2.24) is 30.1 Å². The normalized spacial score (nSPS) is 13.9. The minimum atomic E-state index is -0.639. The lowest BCUT2D eigenvalue weighted by molar-refractivity contribution is -0.135. The number of nitrogens with zero attached hydrogens (tertiary/aromatic N) is 5. The molecule has 38 heavy (non-hydrogen) atoms. The molecule has 1 saturated carbocycles. The van der Waals surface area contributed by atoms with Crippen molar-refractivity contribution in [3.8, 4) is 0 Å². The first-order chi connectivity index (χ1) is 18.1. The van der Waals surface area contributed by atoms with Gasteiger partial charge in [-0.25, -0.2) is 9.97 Å². The van der Waals surface area contributed by atoms with E-state index in [2.05, 4.69) is 20.6 Å². The fourth-order valence-electron chi connectivity index (χ4n) is 3.83. The maximum atomic E-state index is 12.6. The van der Waals surface area contributed by atoms with Crippen molar-refractivity contribution in [3.05, 3.63) is 53.3 Å². The lowest BCUT2D eigenvalue weighted by atomic mass is 10.1. The highest BCUT2D eigenvalue weighted by atomic mass is 16.2. The first kappa shape index (κ1) is 28.7. The number of aryl methyl sites for hydroxylation is 1. The third kappa shape index (κ3) is 7.82. The van der Waals surface area contributed by atoms with Crippen LogP contribution in [0.25, 0.3) is 0 Å². The van der Waals surface area contributed by atoms with Crippen molar-refractivity contribution < 1.29 is 14.4 Å². The van der Waals surface area contributed by atoms with Crippen LogP contribution in [0, 0.1) is 0 Å². The molecule has 0 bridgehead atoms. The Morgan fingerprint density at radius 2 is 1.95 bits per heavy atom. The zero-order chi connectivity index (χ0) is 27.8. The summed E-state index contributed by atoms with van der Waals surface area (Å²) in [6.07, 6.45) is 8.18. The predicted octanol–water partition coefficient (Wildman–Crippen LogP) is 1.78. The van der Waals surface area contributed by atoms with Gasteiger partial charge in [-0.05, 0) is 52.4 Å². The van der Waals surface area contributed by atoms with E-state index >= 15 is 0 Å². The van der Waals surface area contributed by atoms with Crippen LogP contribution in [0.3, 0.4) is 0 Å². The summed E-state index contributed by atoms with van der Waals surface area (Å²) in [4.78, 5) is 53.9. The van der Waals surface area contributed by atoms with Gasteiger partial charge in [0.2, 0.25) is 11.8 Å². The summed E-state index contributed by atoms with van der Waals surface area (Å²) in [5.74, 6) is -0.406. The van der Waals surface area contributed by atoms with Crippen molar-refractivity contribution in [1.29, 1.82) is 0 Å². The Bertz CT molecular complexity index is 1190. The number of amides is 3. The number of carbonyl (C=O) groups excluding carboxylic acids is 3. The Kier molecular flexibility index (Phi) is 9.89. The van der Waals surface area contributed by atoms with E-state index < -0.39 is 11.9 Å². The second-order valence-electron chi connectivity index (χ2n) is 9.74. The third-order valence-electron chi connectivity index (χ3n) is 6.33. The second-order valence-corrected chi connectivity index (χ2v) is 9.74. The summed E-state index contributed by atoms with van der Waals surface area (Å²) in [6, 6.07) is 2.98. The van der Waals surface area contributed by atoms with Gasteiger partial charge in [0.15, 0.2) is 11.5 Å². The predicted molar refractivity (Wildman–Crippen MR) is 146 cm³/mol. The van der Waals surface area contributed by atoms with Gasteiger partial charge in [-0.15, -0.1) is 0 Å². The minimum absolute atomic E-state index is 0.112. The summed E-state index contributed by atoms with van der Waals surface area (Å²) in [5, 5.41) is 6.05. The molecule has 3 amide bonds. The Balaban J connectivity index is 1.60. The van der Waals surface area contributed by atoms with Gasteiger partial charge in [-0.3, -0.25) is 19.4 Å². The molecular formula is C27H38N8O3. The highest BCUT2D eigenvalue weighted by Crippen LogP contribution is 2.41. The molecule has 0 aromatic carbocycles. The number of pyridine rings is 1. The molecule has 1 fully saturated rings. The van der Waals surface area contributed by atoms with Gasteiger partial charge >= 0.3 is 0 Å². The highest BCUT2D eigenvalue weighted by molar-refractivity contribution is 5.96. The number of likely N-dealkylation sites (N-methyl/N-ethyl adjacent to an activating group) is 2. The fraction of sp³-hybridized carbons (Fsp3) is 0.481. The number of hydrogen-bond donors (Lipinski definition) is 3. The largest absolute Gasteiger partial charge is 0.364 e. The number of anilines is 2. The van der Waals surface area contributed by atoms with Crippen LogP contribution in [-0.4, -0.2) is 82.7 Å². The van der Waals surface area contributed by atoms with E-state index in [1.54, 1.807) is 32.3 Å². The standard InChI is InChI=1S/C27H38N8O3/c1-6-21-23(18-9-10-18)33-26(24(32-21)25(28)37)31-20-12-13-29-19(16-20)11-14-30-27(38)17(2)35(5)22(36)8-7-15-34(3)4/h7-8,12-13,16-18H,6,9-11,14-15H2,1-5H3,(H2,28,37)(H,30,38)(H,29,31,33)/b8-7+. The number of hydrogen-bond acceptors (Lipinski definition) is 8. The Hall–Kier alpha value is -3.86. The molecule has 0 radical (unpaired) electrons. The molecule has 2 heterocycles. The summed E-state index contributed by atoms with van der Waals surface area (Å²) in [5.41, 5.74) is 8.86. The van der Waals surface area contributed by atoms with Crippen LogP contribution >= 0.6 is 0 Å². The quantitative estimate of drug-likeness (QED) is 0.337. The summed E-state index contributed by atoms with van der Waals surface area (Å²) in [6.45, 7) is 4.67. The monoisotopic (exact) mass is 522 g/mol. The van der Waals surface area contributed by atoms with Gasteiger partial charge in [0.25, 0.3) is 5.91 Å². The molecule has 1 aliphatic rings. The third-order valence-corrected chi connectivity index (χ3v) is 6.33. The van der Waals surface area contributed by atoms with Gasteiger partial charge in [0.1, 0.15) is 6.04 Å². The molecule has 1 atom stereocenters. The van der Waals surface area contributed by atoms with Crippen LogP contribution in [0.4, 0.5) is 11.5 Å². The van der Waals surface area contributed by atoms with Crippen LogP contribution < -0.4 is 16.4 Å². The van der Waals surface area contributed by atoms with E-state index in [9.17, 15) is 14.4 Å². The lowest BCUT2D eigenvalue weighted by Gasteiger charge is -2.23. The lowest BCUT2D eigenvalue weighted by Crippen LogP contribution is -2.45. The number of rotatable bonds is 13. The molecule has 204 valence electrons. The van der Waals surface area contributed by atoms with E-state index in [-0.39, 0.29) is 17.5 Å². The van der Waals surface area contributed by atoms with E-state index in [1.807, 2.05) is 32.0 Å². The maximum Gasteiger partial charge on any atom is 0.271 e. The van der Waals surface area contributed by atoms with Gasteiger partial charge in [0, 0.05) is 56.1 Å². The molecule has 3 rings (SSSR count). The molecular weight excluding hydrogens is 484 g/mol. The van der Waals surface area contributed by atoms with Crippen LogP contribution in [0.15, 0.2) is 30.5 Å². The molecule has 2 aromatic rings. The van der Waals surface area contributed by atoms with Crippen molar-refractivity contribution in [2.75, 3.05) is 39.5 Å². The van der Waals surface area contributed by atoms with Gasteiger partial charge in [-0.2, -0.15) is 0 Å². The number of nitrogens with one attached hydrogen (secondary N) is 2. The van der Waals surface area contributed by atoms with Crippen molar-refractivity contribution >= 4 is 29.2 Å². The molecule has 1 unspecified atom stereocenters. The molecule has 1 aliphatic carbocycles. The van der Waals surface area contributed by atoms with E-state index in [0.717, 1.165) is 29.9 Å². The van der Waals surface area contributed by atoms with Crippen LogP contribution in [0.5, 0.6) is 0 Å². The van der Waals surface area contributed by atoms with Crippen LogP contribution in [0.1, 0.15) is 60.2 Å². The summed E-state index contributed by atoms with van der Waals surface area (Å²) < 4.78 is 0. The average Bonchev–Trinajstić information content (AvgIpc) is 3.73. The average molecular weight is 523 g/mol. The van der Waals surface area contributed by atoms with Gasteiger partial charge in [0.05, 0.1) is 11.4 Å². The van der Waals surface area contributed by atoms with Crippen molar-refractivity contribution in [2.24, 2.45) is 5.73 Å². The molecule has 4 N–H and O–H groups in total. The Morgan fingerprint density at radius 1 is 1.21 bits per heavy atom. The van der Waals surface area contributed by atoms with Gasteiger partial charge in [-0.1, -0.05) is 13.0 Å².